The molecule has 1 aromatic heterocycles. The highest BCUT2D eigenvalue weighted by atomic mass is 32.1. The second-order valence-corrected chi connectivity index (χ2v) is 9.79. The SMILES string of the molecule is CC(C)[C@@H](C(=O)C[C@@H](CC(=O)O)C(=O)O)N(C)Cc1ccc(C(=O)Oc2ccc(C(=N)N)cc2F)s1. The monoisotopic (exact) mass is 521 g/mol. The molecule has 2 aromatic rings. The molecule has 2 rings (SSSR count). The summed E-state index contributed by atoms with van der Waals surface area (Å²) >= 11 is 1.09. The van der Waals surface area contributed by atoms with Crippen molar-refractivity contribution in [3.8, 4) is 5.75 Å². The number of ketones is 1. The first-order valence-electron chi connectivity index (χ1n) is 10.9. The van der Waals surface area contributed by atoms with Gasteiger partial charge in [-0.2, -0.15) is 0 Å². The highest BCUT2D eigenvalue weighted by Crippen LogP contribution is 2.25. The van der Waals surface area contributed by atoms with Crippen LogP contribution < -0.4 is 10.5 Å². The first-order valence-corrected chi connectivity index (χ1v) is 11.7. The van der Waals surface area contributed by atoms with Gasteiger partial charge in [-0.15, -0.1) is 11.3 Å². The van der Waals surface area contributed by atoms with Crippen LogP contribution in [0.25, 0.3) is 0 Å². The molecule has 0 aliphatic carbocycles. The molecule has 10 nitrogen and oxygen atoms in total. The lowest BCUT2D eigenvalue weighted by Gasteiger charge is -2.30. The summed E-state index contributed by atoms with van der Waals surface area (Å²) in [5.41, 5.74) is 5.47. The third-order valence-corrected chi connectivity index (χ3v) is 6.42. The Morgan fingerprint density at radius 1 is 1.14 bits per heavy atom. The Hall–Kier alpha value is -3.64. The molecule has 0 saturated carbocycles. The Labute approximate surface area is 211 Å². The molecule has 5 N–H and O–H groups in total. The van der Waals surface area contributed by atoms with Crippen LogP contribution in [0.1, 0.15) is 46.8 Å². The van der Waals surface area contributed by atoms with E-state index in [2.05, 4.69) is 0 Å². The summed E-state index contributed by atoms with van der Waals surface area (Å²) in [5.74, 6) is -6.78. The number of carbonyl (C=O) groups is 4. The Kier molecular flexibility index (Phi) is 9.82. The minimum atomic E-state index is -1.34. The Balaban J connectivity index is 2.09. The number of carboxylic acids is 2. The topological polar surface area (TPSA) is 171 Å². The van der Waals surface area contributed by atoms with E-state index in [0.29, 0.717) is 4.88 Å². The first-order chi connectivity index (χ1) is 16.8. The fourth-order valence-corrected chi connectivity index (χ4v) is 4.71. The summed E-state index contributed by atoms with van der Waals surface area (Å²) in [6.45, 7) is 3.86. The van der Waals surface area contributed by atoms with Gasteiger partial charge >= 0.3 is 17.9 Å². The normalized spacial score (nSPS) is 12.8. The number of aliphatic carboxylic acids is 2. The van der Waals surface area contributed by atoms with Crippen molar-refractivity contribution in [2.45, 2.75) is 39.3 Å². The van der Waals surface area contributed by atoms with Gasteiger partial charge in [-0.25, -0.2) is 9.18 Å². The smallest absolute Gasteiger partial charge is 0.353 e. The van der Waals surface area contributed by atoms with Crippen LogP contribution >= 0.6 is 11.3 Å². The van der Waals surface area contributed by atoms with Gasteiger partial charge in [-0.3, -0.25) is 24.7 Å². The predicted octanol–water partition coefficient (Wildman–Crippen LogP) is 2.98. The van der Waals surface area contributed by atoms with E-state index in [0.717, 1.165) is 17.4 Å². The molecule has 1 heterocycles. The van der Waals surface area contributed by atoms with Crippen molar-refractivity contribution in [2.24, 2.45) is 17.6 Å². The molecule has 2 atom stereocenters. The molecular weight excluding hydrogens is 493 g/mol. The van der Waals surface area contributed by atoms with E-state index in [-0.39, 0.29) is 40.3 Å². The number of thiophene rings is 1. The third kappa shape index (κ3) is 7.68. The van der Waals surface area contributed by atoms with Gasteiger partial charge in [-0.05, 0) is 43.3 Å². The van der Waals surface area contributed by atoms with Gasteiger partial charge in [0.05, 0.1) is 18.4 Å². The van der Waals surface area contributed by atoms with Gasteiger partial charge in [0.15, 0.2) is 17.3 Å². The van der Waals surface area contributed by atoms with Crippen molar-refractivity contribution in [1.29, 1.82) is 5.41 Å². The third-order valence-electron chi connectivity index (χ3n) is 5.37. The number of nitrogen functional groups attached to an aromatic ring is 1. The predicted molar refractivity (Wildman–Crippen MR) is 130 cm³/mol. The molecule has 12 heteroatoms. The minimum Gasteiger partial charge on any atom is -0.481 e. The molecule has 0 fully saturated rings. The van der Waals surface area contributed by atoms with Crippen LogP contribution in [0.2, 0.25) is 0 Å². The van der Waals surface area contributed by atoms with E-state index >= 15 is 0 Å². The average Bonchev–Trinajstić information content (AvgIpc) is 3.22. The molecule has 0 aliphatic rings. The van der Waals surface area contributed by atoms with E-state index in [1.807, 2.05) is 0 Å². The number of Topliss-reactive ketones (excluding diaryl/α,β-unsaturated/α-hetero) is 1. The maximum atomic E-state index is 14.2. The Morgan fingerprint density at radius 2 is 1.81 bits per heavy atom. The zero-order valence-electron chi connectivity index (χ0n) is 20.0. The van der Waals surface area contributed by atoms with Gasteiger partial charge in [0.25, 0.3) is 0 Å². The number of nitrogens with zero attached hydrogens (tertiary/aromatic N) is 1. The number of ether oxygens (including phenoxy) is 1. The number of likely N-dealkylation sites (N-methyl/N-ethyl adjacent to an activating group) is 1. The van der Waals surface area contributed by atoms with Gasteiger partial charge in [0.1, 0.15) is 10.7 Å². The largest absolute Gasteiger partial charge is 0.481 e. The summed E-state index contributed by atoms with van der Waals surface area (Å²) in [7, 11) is 1.68. The first kappa shape index (κ1) is 28.6. The summed E-state index contributed by atoms with van der Waals surface area (Å²) in [6, 6.07) is 6.06. The molecule has 0 spiro atoms. The van der Waals surface area contributed by atoms with Crippen LogP contribution in [-0.4, -0.2) is 57.7 Å². The van der Waals surface area contributed by atoms with Crippen LogP contribution in [-0.2, 0) is 20.9 Å². The van der Waals surface area contributed by atoms with Crippen molar-refractivity contribution >= 4 is 40.9 Å². The molecular formula is C24H28FN3O7S. The Bertz CT molecular complexity index is 1160. The fourth-order valence-electron chi connectivity index (χ4n) is 3.77. The zero-order valence-corrected chi connectivity index (χ0v) is 20.8. The molecule has 1 aromatic carbocycles. The van der Waals surface area contributed by atoms with Gasteiger partial charge in [0.2, 0.25) is 0 Å². The average molecular weight is 522 g/mol. The molecule has 0 bridgehead atoms. The van der Waals surface area contributed by atoms with Crippen LogP contribution in [0, 0.1) is 23.1 Å². The van der Waals surface area contributed by atoms with Crippen LogP contribution in [0.3, 0.4) is 0 Å². The van der Waals surface area contributed by atoms with Gasteiger partial charge in [-0.1, -0.05) is 13.8 Å². The summed E-state index contributed by atoms with van der Waals surface area (Å²) in [5, 5.41) is 25.5. The van der Waals surface area contributed by atoms with E-state index in [9.17, 15) is 28.7 Å². The summed E-state index contributed by atoms with van der Waals surface area (Å²) < 4.78 is 19.3. The van der Waals surface area contributed by atoms with E-state index in [1.165, 1.54) is 18.2 Å². The van der Waals surface area contributed by atoms with E-state index in [1.54, 1.807) is 31.9 Å². The number of hydrogen-bond acceptors (Lipinski definition) is 8. The van der Waals surface area contributed by atoms with Crippen molar-refractivity contribution < 1.29 is 38.5 Å². The number of hydrogen-bond donors (Lipinski definition) is 4. The molecule has 0 amide bonds. The second kappa shape index (κ2) is 12.4. The number of esters is 1. The number of rotatable bonds is 13. The maximum Gasteiger partial charge on any atom is 0.353 e. The van der Waals surface area contributed by atoms with Crippen molar-refractivity contribution in [1.82, 2.24) is 4.90 Å². The molecule has 0 aliphatic heterocycles. The number of nitrogens with two attached hydrogens (primary N) is 1. The lowest BCUT2D eigenvalue weighted by Crippen LogP contribution is -2.43. The molecule has 0 unspecified atom stereocenters. The number of halogens is 1. The maximum absolute atomic E-state index is 14.2. The lowest BCUT2D eigenvalue weighted by molar-refractivity contribution is -0.150. The number of carboxylic acid groups (broad SMARTS) is 2. The quantitative estimate of drug-likeness (QED) is 0.134. The van der Waals surface area contributed by atoms with Crippen molar-refractivity contribution in [2.75, 3.05) is 7.05 Å². The summed E-state index contributed by atoms with van der Waals surface area (Å²) in [4.78, 5) is 50.3. The van der Waals surface area contributed by atoms with Crippen LogP contribution in [0.5, 0.6) is 5.75 Å². The highest BCUT2D eigenvalue weighted by Gasteiger charge is 2.32. The fraction of sp³-hybridized carbons (Fsp3) is 0.375. The zero-order chi connectivity index (χ0) is 27.2. The van der Waals surface area contributed by atoms with Gasteiger partial charge < -0.3 is 20.7 Å². The lowest BCUT2D eigenvalue weighted by atomic mass is 9.90. The van der Waals surface area contributed by atoms with E-state index < -0.39 is 48.5 Å². The minimum absolute atomic E-state index is 0.153. The standard InChI is InChI=1S/C24H28FN3O7S/c1-12(2)21(17(29)9-14(23(32)33)10-20(30)31)28(3)11-15-5-7-19(36-15)24(34)35-18-6-4-13(22(26)27)8-16(18)25/h4-8,12,14,21H,9-11H2,1-3H3,(H3,26,27)(H,30,31)(H,32,33)/t14-,21-/m0/s1. The summed E-state index contributed by atoms with van der Waals surface area (Å²) in [6.07, 6.45) is -1.06. The molecule has 0 saturated heterocycles. The van der Waals surface area contributed by atoms with Crippen molar-refractivity contribution in [3.63, 3.8) is 0 Å². The highest BCUT2D eigenvalue weighted by molar-refractivity contribution is 7.13. The molecule has 36 heavy (non-hydrogen) atoms. The Morgan fingerprint density at radius 3 is 2.33 bits per heavy atom. The van der Waals surface area contributed by atoms with Gasteiger partial charge in [0, 0.05) is 23.4 Å². The molecule has 0 radical (unpaired) electrons. The number of amidine groups is 1. The molecule has 194 valence electrons. The van der Waals surface area contributed by atoms with Crippen molar-refractivity contribution in [3.05, 3.63) is 51.5 Å². The van der Waals surface area contributed by atoms with Crippen LogP contribution in [0.4, 0.5) is 4.39 Å². The number of nitrogens with one attached hydrogen (secondary N) is 1. The second-order valence-electron chi connectivity index (χ2n) is 8.62. The van der Waals surface area contributed by atoms with Crippen LogP contribution in [0.15, 0.2) is 30.3 Å². The van der Waals surface area contributed by atoms with E-state index in [4.69, 9.17) is 21.0 Å². The number of benzene rings is 1. The number of carbonyl (C=O) groups excluding carboxylic acids is 2.